The number of sulfonamides is 1. The number of anilines is 1. The Morgan fingerprint density at radius 3 is 2.51 bits per heavy atom. The van der Waals surface area contributed by atoms with E-state index >= 15 is 0 Å². The minimum absolute atomic E-state index is 0.263. The van der Waals surface area contributed by atoms with Gasteiger partial charge in [-0.3, -0.25) is 0 Å². The third kappa shape index (κ3) is 5.90. The van der Waals surface area contributed by atoms with Crippen LogP contribution in [0.15, 0.2) is 48.5 Å². The second kappa shape index (κ2) is 9.80. The van der Waals surface area contributed by atoms with Crippen LogP contribution < -0.4 is 15.2 Å². The van der Waals surface area contributed by atoms with Crippen LogP contribution in [0.1, 0.15) is 32.2 Å². The number of imidazole rings is 1. The van der Waals surface area contributed by atoms with E-state index in [9.17, 15) is 8.42 Å². The number of nitrogen functional groups attached to an aromatic ring is 1. The molecule has 10 heteroatoms. The fourth-order valence-corrected chi connectivity index (χ4v) is 5.24. The van der Waals surface area contributed by atoms with Crippen molar-refractivity contribution in [3.63, 3.8) is 0 Å². The van der Waals surface area contributed by atoms with Crippen LogP contribution in [0.4, 0.5) is 5.82 Å². The predicted molar refractivity (Wildman–Crippen MR) is 138 cm³/mol. The maximum absolute atomic E-state index is 12.0. The van der Waals surface area contributed by atoms with Crippen molar-refractivity contribution in [3.05, 3.63) is 59.9 Å². The summed E-state index contributed by atoms with van der Waals surface area (Å²) in [7, 11) is -3.42. The first-order valence-electron chi connectivity index (χ1n) is 11.4. The maximum Gasteiger partial charge on any atom is 0.209 e. The zero-order valence-corrected chi connectivity index (χ0v) is 21.2. The highest BCUT2D eigenvalue weighted by molar-refractivity contribution is 7.88. The summed E-state index contributed by atoms with van der Waals surface area (Å²) in [5, 5.41) is 0.840. The summed E-state index contributed by atoms with van der Waals surface area (Å²) in [5.41, 5.74) is 8.61. The normalized spacial score (nSPS) is 12.5. The van der Waals surface area contributed by atoms with E-state index in [4.69, 9.17) is 20.2 Å². The lowest BCUT2D eigenvalue weighted by molar-refractivity contribution is 0.125. The van der Waals surface area contributed by atoms with Gasteiger partial charge in [0, 0.05) is 30.1 Å². The number of hydrogen-bond acceptors (Lipinski definition) is 7. The number of aromatic nitrogens is 3. The van der Waals surface area contributed by atoms with E-state index in [1.54, 1.807) is 0 Å². The van der Waals surface area contributed by atoms with Crippen LogP contribution in [-0.4, -0.2) is 41.4 Å². The summed E-state index contributed by atoms with van der Waals surface area (Å²) in [6.45, 7) is 7.10. The van der Waals surface area contributed by atoms with Crippen LogP contribution >= 0.6 is 0 Å². The average Bonchev–Trinajstić information content (AvgIpc) is 3.13. The Morgan fingerprint density at radius 2 is 1.83 bits per heavy atom. The van der Waals surface area contributed by atoms with E-state index in [0.717, 1.165) is 22.7 Å². The number of hydrogen-bond donors (Lipinski definition) is 2. The standard InChI is InChI=1S/C25H31N5O4S/c1-5-33-15-21-28-22-23(30(21)16-25(2,3)29-35(4,31)32)19-12-11-18(13-20(19)27-24(22)26)34-14-17-9-7-6-8-10-17/h6-13,29H,5,14-16H2,1-4H3,(H2,26,27). The van der Waals surface area contributed by atoms with Crippen LogP contribution in [0.25, 0.3) is 21.9 Å². The molecule has 0 aliphatic carbocycles. The van der Waals surface area contributed by atoms with Crippen LogP contribution in [0, 0.1) is 0 Å². The number of nitrogens with two attached hydrogens (primary N) is 1. The molecule has 0 atom stereocenters. The molecule has 0 aliphatic rings. The number of benzene rings is 2. The van der Waals surface area contributed by atoms with Gasteiger partial charge in [-0.1, -0.05) is 30.3 Å². The first-order valence-corrected chi connectivity index (χ1v) is 13.3. The van der Waals surface area contributed by atoms with E-state index < -0.39 is 15.6 Å². The summed E-state index contributed by atoms with van der Waals surface area (Å²) in [5.74, 6) is 1.61. The molecule has 186 valence electrons. The first-order chi connectivity index (χ1) is 16.6. The number of nitrogens with one attached hydrogen (secondary N) is 1. The number of fused-ring (bicyclic) bond motifs is 3. The third-order valence-corrected chi connectivity index (χ3v) is 6.38. The van der Waals surface area contributed by atoms with Crippen molar-refractivity contribution in [2.24, 2.45) is 0 Å². The SMILES string of the molecule is CCOCc1nc2c(N)nc3cc(OCc4ccccc4)ccc3c2n1CC(C)(C)NS(C)(=O)=O. The van der Waals surface area contributed by atoms with Crippen molar-refractivity contribution in [1.82, 2.24) is 19.3 Å². The fourth-order valence-electron chi connectivity index (χ4n) is 4.17. The molecule has 4 aromatic rings. The van der Waals surface area contributed by atoms with Gasteiger partial charge in [-0.05, 0) is 38.5 Å². The number of pyridine rings is 1. The Labute approximate surface area is 205 Å². The lowest BCUT2D eigenvalue weighted by atomic mass is 10.1. The van der Waals surface area contributed by atoms with Gasteiger partial charge in [0.25, 0.3) is 0 Å². The molecule has 0 saturated heterocycles. The molecule has 4 rings (SSSR count). The molecule has 35 heavy (non-hydrogen) atoms. The molecule has 2 aromatic carbocycles. The molecule has 0 spiro atoms. The highest BCUT2D eigenvalue weighted by atomic mass is 32.2. The quantitative estimate of drug-likeness (QED) is 0.343. The topological polar surface area (TPSA) is 121 Å². The Morgan fingerprint density at radius 1 is 1.09 bits per heavy atom. The minimum atomic E-state index is -3.42. The van der Waals surface area contributed by atoms with Gasteiger partial charge in [-0.25, -0.2) is 23.1 Å². The van der Waals surface area contributed by atoms with Crippen molar-refractivity contribution in [2.75, 3.05) is 18.6 Å². The zero-order valence-electron chi connectivity index (χ0n) is 20.4. The molecule has 0 unspecified atom stereocenters. The van der Waals surface area contributed by atoms with Crippen molar-refractivity contribution in [2.45, 2.75) is 46.1 Å². The van der Waals surface area contributed by atoms with Crippen LogP contribution in [0.2, 0.25) is 0 Å². The van der Waals surface area contributed by atoms with Crippen LogP contribution in [-0.2, 0) is 34.5 Å². The van der Waals surface area contributed by atoms with Gasteiger partial charge in [0.15, 0.2) is 5.82 Å². The summed E-state index contributed by atoms with van der Waals surface area (Å²) >= 11 is 0. The van der Waals surface area contributed by atoms with E-state index in [-0.39, 0.29) is 12.4 Å². The Bertz CT molecular complexity index is 1450. The summed E-state index contributed by atoms with van der Waals surface area (Å²) in [6.07, 6.45) is 1.15. The summed E-state index contributed by atoms with van der Waals surface area (Å²) < 4.78 is 40.2. The van der Waals surface area contributed by atoms with Crippen molar-refractivity contribution < 1.29 is 17.9 Å². The van der Waals surface area contributed by atoms with Gasteiger partial charge in [-0.15, -0.1) is 0 Å². The molecule has 0 fully saturated rings. The molecule has 3 N–H and O–H groups in total. The molecule has 0 saturated carbocycles. The summed E-state index contributed by atoms with van der Waals surface area (Å²) in [4.78, 5) is 9.30. The Kier molecular flexibility index (Phi) is 6.98. The molecule has 2 heterocycles. The van der Waals surface area contributed by atoms with Gasteiger partial charge < -0.3 is 19.8 Å². The Hall–Kier alpha value is -3.21. The van der Waals surface area contributed by atoms with Crippen molar-refractivity contribution in [3.8, 4) is 5.75 Å². The summed E-state index contributed by atoms with van der Waals surface area (Å²) in [6, 6.07) is 15.6. The van der Waals surface area contributed by atoms with Gasteiger partial charge in [-0.2, -0.15) is 0 Å². The predicted octanol–water partition coefficient (Wildman–Crippen LogP) is 3.61. The molecule has 0 aliphatic heterocycles. The highest BCUT2D eigenvalue weighted by Gasteiger charge is 2.27. The van der Waals surface area contributed by atoms with Gasteiger partial charge in [0.2, 0.25) is 10.0 Å². The van der Waals surface area contributed by atoms with Crippen LogP contribution in [0.5, 0.6) is 5.75 Å². The smallest absolute Gasteiger partial charge is 0.209 e. The molecular weight excluding hydrogens is 466 g/mol. The van der Waals surface area contributed by atoms with E-state index in [2.05, 4.69) is 9.71 Å². The number of rotatable bonds is 10. The maximum atomic E-state index is 12.0. The van der Waals surface area contributed by atoms with E-state index in [1.807, 2.05) is 73.9 Å². The molecule has 0 bridgehead atoms. The van der Waals surface area contributed by atoms with Gasteiger partial charge >= 0.3 is 0 Å². The molecule has 0 amide bonds. The Balaban J connectivity index is 1.79. The molecule has 0 radical (unpaired) electrons. The van der Waals surface area contributed by atoms with Crippen molar-refractivity contribution in [1.29, 1.82) is 0 Å². The fraction of sp³-hybridized carbons (Fsp3) is 0.360. The third-order valence-electron chi connectivity index (χ3n) is 5.45. The average molecular weight is 498 g/mol. The van der Waals surface area contributed by atoms with Gasteiger partial charge in [0.05, 0.1) is 17.3 Å². The van der Waals surface area contributed by atoms with E-state index in [0.29, 0.717) is 42.4 Å². The first kappa shape index (κ1) is 24.9. The van der Waals surface area contributed by atoms with E-state index in [1.165, 1.54) is 0 Å². The van der Waals surface area contributed by atoms with Crippen LogP contribution in [0.3, 0.4) is 0 Å². The lowest BCUT2D eigenvalue weighted by Crippen LogP contribution is -2.46. The van der Waals surface area contributed by atoms with Crippen molar-refractivity contribution >= 4 is 37.8 Å². The zero-order chi connectivity index (χ0) is 25.2. The second-order valence-corrected chi connectivity index (χ2v) is 10.9. The lowest BCUT2D eigenvalue weighted by Gasteiger charge is -2.27. The largest absolute Gasteiger partial charge is 0.489 e. The monoisotopic (exact) mass is 497 g/mol. The molecule has 9 nitrogen and oxygen atoms in total. The molecular formula is C25H31N5O4S. The molecule has 2 aromatic heterocycles. The second-order valence-electron chi connectivity index (χ2n) is 9.16. The van der Waals surface area contributed by atoms with Gasteiger partial charge in [0.1, 0.15) is 30.3 Å². The minimum Gasteiger partial charge on any atom is -0.489 e. The number of nitrogens with zero attached hydrogens (tertiary/aromatic N) is 3. The number of ether oxygens (including phenoxy) is 2. The highest BCUT2D eigenvalue weighted by Crippen LogP contribution is 2.32.